The number of hydrogen-bond donors (Lipinski definition) is 1. The molecule has 1 heterocycles. The second-order valence-corrected chi connectivity index (χ2v) is 8.41. The van der Waals surface area contributed by atoms with E-state index in [4.69, 9.17) is 4.74 Å². The highest BCUT2D eigenvalue weighted by atomic mass is 79.9. The highest BCUT2D eigenvalue weighted by Crippen LogP contribution is 2.27. The lowest BCUT2D eigenvalue weighted by atomic mass is 10.1. The third-order valence-electron chi connectivity index (χ3n) is 4.82. The molecule has 0 atom stereocenters. The van der Waals surface area contributed by atoms with Crippen molar-refractivity contribution in [2.75, 3.05) is 18.4 Å². The molecule has 3 rings (SSSR count). The van der Waals surface area contributed by atoms with Crippen LogP contribution in [0.25, 0.3) is 0 Å². The molecule has 1 aliphatic rings. The van der Waals surface area contributed by atoms with Crippen molar-refractivity contribution in [3.05, 3.63) is 58.1 Å². The van der Waals surface area contributed by atoms with Gasteiger partial charge < -0.3 is 15.0 Å². The minimum atomic E-state index is -0.235. The topological polar surface area (TPSA) is 58.6 Å². The Morgan fingerprint density at radius 1 is 1.00 bits per heavy atom. The zero-order chi connectivity index (χ0) is 20.8. The number of carbonyl (C=O) groups excluding carboxylic acids is 2. The van der Waals surface area contributed by atoms with Crippen LogP contribution in [-0.2, 0) is 0 Å². The first-order valence-corrected chi connectivity index (χ1v) is 10.9. The van der Waals surface area contributed by atoms with Crippen LogP contribution in [-0.4, -0.2) is 35.9 Å². The van der Waals surface area contributed by atoms with Crippen LogP contribution in [0, 0.1) is 0 Å². The number of anilines is 1. The smallest absolute Gasteiger partial charge is 0.255 e. The highest BCUT2D eigenvalue weighted by Gasteiger charge is 2.18. The first kappa shape index (κ1) is 21.4. The van der Waals surface area contributed by atoms with Gasteiger partial charge >= 0.3 is 0 Å². The van der Waals surface area contributed by atoms with Crippen LogP contribution >= 0.6 is 15.9 Å². The van der Waals surface area contributed by atoms with Crippen molar-refractivity contribution >= 4 is 33.4 Å². The molecule has 2 aromatic carbocycles. The average Bonchev–Trinajstić information content (AvgIpc) is 2.98. The van der Waals surface area contributed by atoms with Gasteiger partial charge in [-0.25, -0.2) is 0 Å². The Hall–Kier alpha value is -2.34. The van der Waals surface area contributed by atoms with Gasteiger partial charge in [-0.2, -0.15) is 0 Å². The minimum absolute atomic E-state index is 0.0286. The Labute approximate surface area is 180 Å². The summed E-state index contributed by atoms with van der Waals surface area (Å²) in [5.74, 6) is 0.490. The number of hydrogen-bond acceptors (Lipinski definition) is 3. The zero-order valence-electron chi connectivity index (χ0n) is 16.9. The highest BCUT2D eigenvalue weighted by molar-refractivity contribution is 9.10. The quantitative estimate of drug-likeness (QED) is 0.642. The summed E-state index contributed by atoms with van der Waals surface area (Å²) in [7, 11) is 0. The summed E-state index contributed by atoms with van der Waals surface area (Å²) in [6.45, 7) is 5.50. The fourth-order valence-corrected chi connectivity index (χ4v) is 3.85. The largest absolute Gasteiger partial charge is 0.490 e. The Morgan fingerprint density at radius 2 is 1.72 bits per heavy atom. The summed E-state index contributed by atoms with van der Waals surface area (Å²) in [4.78, 5) is 27.4. The molecule has 0 bridgehead atoms. The molecule has 0 aromatic heterocycles. The van der Waals surface area contributed by atoms with Crippen molar-refractivity contribution in [1.82, 2.24) is 4.90 Å². The van der Waals surface area contributed by atoms with Crippen LogP contribution in [0.2, 0.25) is 0 Å². The van der Waals surface area contributed by atoms with Crippen molar-refractivity contribution in [1.29, 1.82) is 0 Å². The van der Waals surface area contributed by atoms with Gasteiger partial charge in [0.15, 0.2) is 0 Å². The van der Waals surface area contributed by atoms with Crippen LogP contribution in [0.5, 0.6) is 5.75 Å². The SMILES string of the molecule is CC(C)Oc1ccc(C(=O)Nc2cccc(C(=O)N3CCCCCC3)c2)cc1Br. The molecule has 1 aliphatic heterocycles. The van der Waals surface area contributed by atoms with Gasteiger partial charge in [-0.1, -0.05) is 18.9 Å². The Morgan fingerprint density at radius 3 is 2.38 bits per heavy atom. The van der Waals surface area contributed by atoms with E-state index in [2.05, 4.69) is 21.2 Å². The number of benzene rings is 2. The third kappa shape index (κ3) is 5.82. The van der Waals surface area contributed by atoms with Gasteiger partial charge in [-0.3, -0.25) is 9.59 Å². The van der Waals surface area contributed by atoms with E-state index in [-0.39, 0.29) is 17.9 Å². The third-order valence-corrected chi connectivity index (χ3v) is 5.44. The van der Waals surface area contributed by atoms with E-state index in [9.17, 15) is 9.59 Å². The molecule has 0 aliphatic carbocycles. The first-order chi connectivity index (χ1) is 13.9. The van der Waals surface area contributed by atoms with E-state index in [1.165, 1.54) is 12.8 Å². The van der Waals surface area contributed by atoms with E-state index in [0.29, 0.717) is 22.6 Å². The lowest BCUT2D eigenvalue weighted by molar-refractivity contribution is 0.0761. The summed E-state index contributed by atoms with van der Waals surface area (Å²) < 4.78 is 6.41. The molecule has 1 N–H and O–H groups in total. The monoisotopic (exact) mass is 458 g/mol. The Kier molecular flexibility index (Phi) is 7.31. The first-order valence-electron chi connectivity index (χ1n) is 10.1. The molecule has 0 unspecified atom stereocenters. The van der Waals surface area contributed by atoms with Gasteiger partial charge in [0.1, 0.15) is 5.75 Å². The number of amides is 2. The van der Waals surface area contributed by atoms with Gasteiger partial charge in [0.05, 0.1) is 10.6 Å². The number of halogens is 1. The van der Waals surface area contributed by atoms with Crippen molar-refractivity contribution in [2.45, 2.75) is 45.6 Å². The molecule has 29 heavy (non-hydrogen) atoms. The Bertz CT molecular complexity index is 874. The predicted octanol–water partition coefficient (Wildman–Crippen LogP) is 5.50. The number of rotatable bonds is 5. The molecule has 1 saturated heterocycles. The summed E-state index contributed by atoms with van der Waals surface area (Å²) in [6, 6.07) is 12.4. The maximum atomic E-state index is 12.8. The normalized spacial score (nSPS) is 14.4. The van der Waals surface area contributed by atoms with Gasteiger partial charge in [-0.15, -0.1) is 0 Å². The average molecular weight is 459 g/mol. The van der Waals surface area contributed by atoms with Crippen LogP contribution in [0.4, 0.5) is 5.69 Å². The predicted molar refractivity (Wildman–Crippen MR) is 119 cm³/mol. The maximum Gasteiger partial charge on any atom is 0.255 e. The molecule has 0 saturated carbocycles. The van der Waals surface area contributed by atoms with Crippen LogP contribution < -0.4 is 10.1 Å². The van der Waals surface area contributed by atoms with Crippen molar-refractivity contribution in [3.63, 3.8) is 0 Å². The van der Waals surface area contributed by atoms with Crippen LogP contribution in [0.3, 0.4) is 0 Å². The fraction of sp³-hybridized carbons (Fsp3) is 0.391. The second-order valence-electron chi connectivity index (χ2n) is 7.55. The molecular formula is C23H27BrN2O3. The summed E-state index contributed by atoms with van der Waals surface area (Å²) >= 11 is 3.46. The lowest BCUT2D eigenvalue weighted by Gasteiger charge is -2.20. The van der Waals surface area contributed by atoms with Gasteiger partial charge in [0, 0.05) is 29.9 Å². The fourth-order valence-electron chi connectivity index (χ4n) is 3.38. The standard InChI is InChI=1S/C23H27BrN2O3/c1-16(2)29-21-11-10-17(15-20(21)24)22(27)25-19-9-7-8-18(14-19)23(28)26-12-5-3-4-6-13-26/h7-11,14-16H,3-6,12-13H2,1-2H3,(H,25,27). The van der Waals surface area contributed by atoms with Crippen LogP contribution in [0.15, 0.2) is 46.9 Å². The number of ether oxygens (including phenoxy) is 1. The van der Waals surface area contributed by atoms with Crippen molar-refractivity contribution < 1.29 is 14.3 Å². The van der Waals surface area contributed by atoms with E-state index in [0.717, 1.165) is 30.4 Å². The molecule has 0 spiro atoms. The number of nitrogens with one attached hydrogen (secondary N) is 1. The minimum Gasteiger partial charge on any atom is -0.490 e. The molecule has 0 radical (unpaired) electrons. The second kappa shape index (κ2) is 9.92. The van der Waals surface area contributed by atoms with Crippen molar-refractivity contribution in [2.24, 2.45) is 0 Å². The number of nitrogens with zero attached hydrogens (tertiary/aromatic N) is 1. The summed E-state index contributed by atoms with van der Waals surface area (Å²) in [5, 5.41) is 2.88. The van der Waals surface area contributed by atoms with Crippen molar-refractivity contribution in [3.8, 4) is 5.75 Å². The van der Waals surface area contributed by atoms with E-state index < -0.39 is 0 Å². The van der Waals surface area contributed by atoms with Crippen LogP contribution in [0.1, 0.15) is 60.2 Å². The maximum absolute atomic E-state index is 12.8. The number of likely N-dealkylation sites (tertiary alicyclic amines) is 1. The Balaban J connectivity index is 1.70. The molecule has 5 nitrogen and oxygen atoms in total. The van der Waals surface area contributed by atoms with E-state index in [1.54, 1.807) is 42.5 Å². The summed E-state index contributed by atoms with van der Waals surface area (Å²) in [6.07, 6.45) is 4.50. The zero-order valence-corrected chi connectivity index (χ0v) is 18.5. The van der Waals surface area contributed by atoms with Gasteiger partial charge in [0.25, 0.3) is 11.8 Å². The number of carbonyl (C=O) groups is 2. The molecule has 2 amide bonds. The summed E-state index contributed by atoms with van der Waals surface area (Å²) in [5.41, 5.74) is 1.72. The molecule has 1 fully saturated rings. The van der Waals surface area contributed by atoms with E-state index in [1.807, 2.05) is 18.7 Å². The van der Waals surface area contributed by atoms with Gasteiger partial charge in [-0.05, 0) is 79.0 Å². The molecule has 6 heteroatoms. The molecular weight excluding hydrogens is 432 g/mol. The molecule has 2 aromatic rings. The molecule has 154 valence electrons. The van der Waals surface area contributed by atoms with E-state index >= 15 is 0 Å². The van der Waals surface area contributed by atoms with Gasteiger partial charge in [0.2, 0.25) is 0 Å². The lowest BCUT2D eigenvalue weighted by Crippen LogP contribution is -2.31.